The van der Waals surface area contributed by atoms with Crippen LogP contribution in [0.15, 0.2) is 18.2 Å². The zero-order valence-corrected chi connectivity index (χ0v) is 13.5. The van der Waals surface area contributed by atoms with E-state index in [4.69, 9.17) is 14.2 Å². The van der Waals surface area contributed by atoms with E-state index >= 15 is 0 Å². The van der Waals surface area contributed by atoms with Crippen molar-refractivity contribution in [1.82, 2.24) is 0 Å². The lowest BCUT2D eigenvalue weighted by molar-refractivity contribution is 0.130. The molecule has 0 aliphatic carbocycles. The SMILES string of the molecule is OC(CC1CO1)c1ccc(C(O)CC2CO2)c(C(O)CC2CO2)c1. The molecule has 4 rings (SSSR count). The highest BCUT2D eigenvalue weighted by Gasteiger charge is 2.32. The van der Waals surface area contributed by atoms with Gasteiger partial charge in [0.15, 0.2) is 0 Å². The molecule has 3 saturated heterocycles. The van der Waals surface area contributed by atoms with Gasteiger partial charge in [0.05, 0.1) is 56.4 Å². The summed E-state index contributed by atoms with van der Waals surface area (Å²) in [5.74, 6) is 0. The highest BCUT2D eigenvalue weighted by Crippen LogP contribution is 2.36. The van der Waals surface area contributed by atoms with Crippen LogP contribution < -0.4 is 0 Å². The smallest absolute Gasteiger partial charge is 0.0837 e. The van der Waals surface area contributed by atoms with Gasteiger partial charge in [-0.25, -0.2) is 0 Å². The van der Waals surface area contributed by atoms with Crippen LogP contribution in [-0.4, -0.2) is 53.5 Å². The molecule has 0 amide bonds. The summed E-state index contributed by atoms with van der Waals surface area (Å²) in [6.45, 7) is 2.05. The topological polar surface area (TPSA) is 98.3 Å². The highest BCUT2D eigenvalue weighted by atomic mass is 16.6. The average molecular weight is 336 g/mol. The first-order valence-electron chi connectivity index (χ1n) is 8.63. The van der Waals surface area contributed by atoms with E-state index in [2.05, 4.69) is 0 Å². The molecule has 1 aromatic rings. The third kappa shape index (κ3) is 4.14. The van der Waals surface area contributed by atoms with Crippen molar-refractivity contribution in [3.8, 4) is 0 Å². The molecule has 3 heterocycles. The Morgan fingerprint density at radius 2 is 1.21 bits per heavy atom. The number of aliphatic hydroxyl groups is 3. The van der Waals surface area contributed by atoms with Gasteiger partial charge in [-0.3, -0.25) is 0 Å². The van der Waals surface area contributed by atoms with E-state index in [0.29, 0.717) is 50.2 Å². The van der Waals surface area contributed by atoms with Gasteiger partial charge in [-0.1, -0.05) is 18.2 Å². The minimum Gasteiger partial charge on any atom is -0.388 e. The Balaban J connectivity index is 1.55. The third-order valence-electron chi connectivity index (χ3n) is 4.88. The number of epoxide rings is 3. The van der Waals surface area contributed by atoms with Crippen molar-refractivity contribution in [2.75, 3.05) is 19.8 Å². The van der Waals surface area contributed by atoms with Gasteiger partial charge in [0.1, 0.15) is 0 Å². The lowest BCUT2D eigenvalue weighted by Gasteiger charge is -2.21. The minimum absolute atomic E-state index is 0.0881. The van der Waals surface area contributed by atoms with Crippen molar-refractivity contribution in [2.45, 2.75) is 55.9 Å². The molecule has 0 bridgehead atoms. The van der Waals surface area contributed by atoms with E-state index in [9.17, 15) is 15.3 Å². The Morgan fingerprint density at radius 1 is 0.750 bits per heavy atom. The maximum atomic E-state index is 10.6. The summed E-state index contributed by atoms with van der Waals surface area (Å²) in [5.41, 5.74) is 2.12. The molecule has 0 aromatic heterocycles. The maximum Gasteiger partial charge on any atom is 0.0837 e. The van der Waals surface area contributed by atoms with Gasteiger partial charge in [0.2, 0.25) is 0 Å². The van der Waals surface area contributed by atoms with Crippen LogP contribution in [0.5, 0.6) is 0 Å². The molecule has 0 spiro atoms. The van der Waals surface area contributed by atoms with Crippen LogP contribution in [0.3, 0.4) is 0 Å². The molecule has 3 N–H and O–H groups in total. The van der Waals surface area contributed by atoms with Crippen molar-refractivity contribution in [3.63, 3.8) is 0 Å². The Labute approximate surface area is 141 Å². The lowest BCUT2D eigenvalue weighted by Crippen LogP contribution is -2.12. The Morgan fingerprint density at radius 3 is 1.71 bits per heavy atom. The number of rotatable bonds is 9. The normalized spacial score (nSPS) is 31.4. The first-order chi connectivity index (χ1) is 11.6. The number of benzene rings is 1. The largest absolute Gasteiger partial charge is 0.388 e. The molecular weight excluding hydrogens is 312 g/mol. The van der Waals surface area contributed by atoms with E-state index < -0.39 is 18.3 Å². The second kappa shape index (κ2) is 6.71. The molecule has 6 nitrogen and oxygen atoms in total. The van der Waals surface area contributed by atoms with Crippen LogP contribution in [0.2, 0.25) is 0 Å². The number of hydrogen-bond acceptors (Lipinski definition) is 6. The van der Waals surface area contributed by atoms with Crippen molar-refractivity contribution in [2.24, 2.45) is 0 Å². The predicted molar refractivity (Wildman–Crippen MR) is 84.4 cm³/mol. The zero-order chi connectivity index (χ0) is 16.7. The summed E-state index contributed by atoms with van der Waals surface area (Å²) >= 11 is 0. The fraction of sp³-hybridized carbons (Fsp3) is 0.667. The Kier molecular flexibility index (Phi) is 4.60. The van der Waals surface area contributed by atoms with Gasteiger partial charge in [-0.2, -0.15) is 0 Å². The van der Waals surface area contributed by atoms with E-state index in [-0.39, 0.29) is 18.3 Å². The summed E-state index contributed by atoms with van der Waals surface area (Å²) in [4.78, 5) is 0. The monoisotopic (exact) mass is 336 g/mol. The lowest BCUT2D eigenvalue weighted by atomic mass is 9.90. The quantitative estimate of drug-likeness (QED) is 0.585. The van der Waals surface area contributed by atoms with Crippen LogP contribution in [0.4, 0.5) is 0 Å². The van der Waals surface area contributed by atoms with Crippen LogP contribution >= 0.6 is 0 Å². The number of hydrogen-bond donors (Lipinski definition) is 3. The molecule has 132 valence electrons. The fourth-order valence-electron chi connectivity index (χ4n) is 3.14. The van der Waals surface area contributed by atoms with E-state index in [1.807, 2.05) is 18.2 Å². The summed E-state index contributed by atoms with van der Waals surface area (Å²) in [6, 6.07) is 5.45. The molecule has 6 atom stereocenters. The highest BCUT2D eigenvalue weighted by molar-refractivity contribution is 5.36. The summed E-state index contributed by atoms with van der Waals surface area (Å²) < 4.78 is 15.6. The van der Waals surface area contributed by atoms with E-state index in [1.54, 1.807) is 0 Å². The summed E-state index contributed by atoms with van der Waals surface area (Å²) in [6.07, 6.45) is -0.114. The van der Waals surface area contributed by atoms with Crippen LogP contribution in [0, 0.1) is 0 Å². The van der Waals surface area contributed by atoms with Crippen molar-refractivity contribution in [1.29, 1.82) is 0 Å². The molecule has 6 unspecified atom stereocenters. The van der Waals surface area contributed by atoms with Crippen molar-refractivity contribution >= 4 is 0 Å². The van der Waals surface area contributed by atoms with E-state index in [0.717, 1.165) is 5.56 Å². The van der Waals surface area contributed by atoms with Gasteiger partial charge in [-0.15, -0.1) is 0 Å². The Bertz CT molecular complexity index is 579. The molecule has 3 aliphatic rings. The molecule has 1 aromatic carbocycles. The summed E-state index contributed by atoms with van der Waals surface area (Å²) in [5, 5.41) is 31.4. The van der Waals surface area contributed by atoms with Crippen LogP contribution in [0.25, 0.3) is 0 Å². The van der Waals surface area contributed by atoms with Crippen molar-refractivity contribution in [3.05, 3.63) is 34.9 Å². The fourth-order valence-corrected chi connectivity index (χ4v) is 3.14. The third-order valence-corrected chi connectivity index (χ3v) is 4.88. The molecule has 0 radical (unpaired) electrons. The molecule has 3 aliphatic heterocycles. The van der Waals surface area contributed by atoms with Gasteiger partial charge < -0.3 is 29.5 Å². The second-order valence-corrected chi connectivity index (χ2v) is 7.01. The standard InChI is InChI=1S/C18H24O6/c19-16(4-11-7-22-11)10-1-2-14(17(20)5-12-8-23-12)15(3-10)18(21)6-13-9-24-13/h1-3,11-13,16-21H,4-9H2. The van der Waals surface area contributed by atoms with Crippen LogP contribution in [0.1, 0.15) is 54.3 Å². The number of ether oxygens (including phenoxy) is 3. The molecular formula is C18H24O6. The zero-order valence-electron chi connectivity index (χ0n) is 13.5. The first-order valence-corrected chi connectivity index (χ1v) is 8.63. The van der Waals surface area contributed by atoms with Crippen LogP contribution in [-0.2, 0) is 14.2 Å². The average Bonchev–Trinajstić information content (AvgIpc) is 3.39. The first kappa shape index (κ1) is 16.4. The van der Waals surface area contributed by atoms with Gasteiger partial charge >= 0.3 is 0 Å². The van der Waals surface area contributed by atoms with E-state index in [1.165, 1.54) is 0 Å². The predicted octanol–water partition coefficient (Wildman–Crippen LogP) is 1.15. The molecule has 3 fully saturated rings. The molecule has 0 saturated carbocycles. The number of aliphatic hydroxyl groups excluding tert-OH is 3. The Hall–Kier alpha value is -1.02. The van der Waals surface area contributed by atoms with Crippen molar-refractivity contribution < 1.29 is 29.5 Å². The van der Waals surface area contributed by atoms with Gasteiger partial charge in [0, 0.05) is 19.3 Å². The maximum absolute atomic E-state index is 10.6. The summed E-state index contributed by atoms with van der Waals surface area (Å²) in [7, 11) is 0. The van der Waals surface area contributed by atoms with Gasteiger partial charge in [0.25, 0.3) is 0 Å². The molecule has 24 heavy (non-hydrogen) atoms. The molecule has 6 heteroatoms. The van der Waals surface area contributed by atoms with Gasteiger partial charge in [-0.05, 0) is 16.7 Å². The minimum atomic E-state index is -0.716. The second-order valence-electron chi connectivity index (χ2n) is 7.01.